The lowest BCUT2D eigenvalue weighted by atomic mass is 9.97. The lowest BCUT2D eigenvalue weighted by Crippen LogP contribution is -2.37. The second-order valence-electron chi connectivity index (χ2n) is 5.82. The minimum atomic E-state index is 0.471. The maximum Gasteiger partial charge on any atom is 0.137 e. The van der Waals surface area contributed by atoms with E-state index in [-0.39, 0.29) is 0 Å². The predicted octanol–water partition coefficient (Wildman–Crippen LogP) is 2.63. The summed E-state index contributed by atoms with van der Waals surface area (Å²) in [5, 5.41) is 6.97. The highest BCUT2D eigenvalue weighted by Gasteiger charge is 2.23. The Labute approximate surface area is 131 Å². The maximum atomic E-state index is 5.98. The van der Waals surface area contributed by atoms with Gasteiger partial charge in [-0.15, -0.1) is 0 Å². The molecule has 2 aromatic rings. The Morgan fingerprint density at radius 1 is 1.36 bits per heavy atom. The molecule has 0 aliphatic carbocycles. The third kappa shape index (κ3) is 3.65. The van der Waals surface area contributed by atoms with Crippen molar-refractivity contribution in [1.82, 2.24) is 20.1 Å². The van der Waals surface area contributed by atoms with E-state index in [1.807, 2.05) is 6.07 Å². The molecule has 3 rings (SSSR count). The third-order valence-electron chi connectivity index (χ3n) is 4.34. The number of piperidine rings is 1. The van der Waals surface area contributed by atoms with Crippen LogP contribution in [0.3, 0.4) is 0 Å². The van der Waals surface area contributed by atoms with Crippen LogP contribution in [0.4, 0.5) is 0 Å². The summed E-state index contributed by atoms with van der Waals surface area (Å²) < 4.78 is 5.98. The fraction of sp³-hybridized carbons (Fsp3) is 0.529. The van der Waals surface area contributed by atoms with Crippen LogP contribution in [0, 0.1) is 0 Å². The first-order valence-electron chi connectivity index (χ1n) is 8.15. The number of ether oxygens (including phenoxy) is 1. The van der Waals surface area contributed by atoms with Crippen LogP contribution in [0.1, 0.15) is 37.1 Å². The number of rotatable bonds is 6. The van der Waals surface area contributed by atoms with Crippen molar-refractivity contribution in [3.63, 3.8) is 0 Å². The summed E-state index contributed by atoms with van der Waals surface area (Å²) in [6.07, 6.45) is 4.99. The van der Waals surface area contributed by atoms with Crippen LogP contribution < -0.4 is 4.74 Å². The van der Waals surface area contributed by atoms with Gasteiger partial charge in [0.05, 0.1) is 0 Å². The van der Waals surface area contributed by atoms with Gasteiger partial charge in [-0.3, -0.25) is 10.00 Å². The Morgan fingerprint density at radius 2 is 2.27 bits per heavy atom. The summed E-state index contributed by atoms with van der Waals surface area (Å²) in [6.45, 7) is 6.04. The molecule has 1 aliphatic heterocycles. The molecule has 1 unspecified atom stereocenters. The minimum absolute atomic E-state index is 0.471. The zero-order chi connectivity index (χ0) is 15.2. The van der Waals surface area contributed by atoms with Crippen LogP contribution >= 0.6 is 0 Å². The van der Waals surface area contributed by atoms with Crippen molar-refractivity contribution >= 4 is 0 Å². The number of hydrogen-bond acceptors (Lipinski definition) is 4. The van der Waals surface area contributed by atoms with Crippen molar-refractivity contribution in [2.45, 2.75) is 32.1 Å². The zero-order valence-corrected chi connectivity index (χ0v) is 13.2. The smallest absolute Gasteiger partial charge is 0.137 e. The molecule has 1 aliphatic rings. The number of aromatic amines is 1. The van der Waals surface area contributed by atoms with Gasteiger partial charge >= 0.3 is 0 Å². The van der Waals surface area contributed by atoms with Gasteiger partial charge < -0.3 is 4.74 Å². The number of aromatic nitrogens is 3. The molecule has 0 amide bonds. The SMILES string of the molecule is CCc1ccccc1OCCN1CCCC(c2ncn[nH]2)C1. The van der Waals surface area contributed by atoms with E-state index in [1.54, 1.807) is 6.33 Å². The molecular formula is C17H24N4O. The average molecular weight is 300 g/mol. The van der Waals surface area contributed by atoms with Crippen LogP contribution in [-0.2, 0) is 6.42 Å². The molecule has 118 valence electrons. The third-order valence-corrected chi connectivity index (χ3v) is 4.34. The van der Waals surface area contributed by atoms with Gasteiger partial charge in [0, 0.05) is 19.0 Å². The van der Waals surface area contributed by atoms with E-state index in [9.17, 15) is 0 Å². The van der Waals surface area contributed by atoms with Gasteiger partial charge in [-0.05, 0) is 37.4 Å². The lowest BCUT2D eigenvalue weighted by Gasteiger charge is -2.31. The van der Waals surface area contributed by atoms with Crippen molar-refractivity contribution in [2.75, 3.05) is 26.2 Å². The standard InChI is InChI=1S/C17H24N4O/c1-2-14-6-3-4-8-16(14)22-11-10-21-9-5-7-15(12-21)17-18-13-19-20-17/h3-4,6,8,13,15H,2,5,7,9-12H2,1H3,(H,18,19,20). The first-order valence-corrected chi connectivity index (χ1v) is 8.15. The van der Waals surface area contributed by atoms with E-state index in [4.69, 9.17) is 4.74 Å². The molecule has 2 heterocycles. The Balaban J connectivity index is 1.49. The van der Waals surface area contributed by atoms with Crippen LogP contribution in [-0.4, -0.2) is 46.3 Å². The summed E-state index contributed by atoms with van der Waals surface area (Å²) in [5.74, 6) is 2.51. The van der Waals surface area contributed by atoms with Crippen molar-refractivity contribution in [3.8, 4) is 5.75 Å². The van der Waals surface area contributed by atoms with E-state index in [0.717, 1.165) is 44.2 Å². The van der Waals surface area contributed by atoms with E-state index < -0.39 is 0 Å². The van der Waals surface area contributed by atoms with Crippen LogP contribution in [0.5, 0.6) is 5.75 Å². The molecule has 0 bridgehead atoms. The molecule has 1 N–H and O–H groups in total. The molecule has 22 heavy (non-hydrogen) atoms. The molecule has 1 saturated heterocycles. The Kier molecular flexibility index (Phi) is 5.06. The summed E-state index contributed by atoms with van der Waals surface area (Å²) >= 11 is 0. The van der Waals surface area contributed by atoms with Crippen molar-refractivity contribution < 1.29 is 4.74 Å². The summed E-state index contributed by atoms with van der Waals surface area (Å²) in [7, 11) is 0. The van der Waals surface area contributed by atoms with Gasteiger partial charge in [-0.25, -0.2) is 4.98 Å². The number of nitrogens with zero attached hydrogens (tertiary/aromatic N) is 3. The highest BCUT2D eigenvalue weighted by Crippen LogP contribution is 2.24. The van der Waals surface area contributed by atoms with E-state index in [1.165, 1.54) is 18.4 Å². The fourth-order valence-electron chi connectivity index (χ4n) is 3.11. The quantitative estimate of drug-likeness (QED) is 0.891. The lowest BCUT2D eigenvalue weighted by molar-refractivity contribution is 0.167. The largest absolute Gasteiger partial charge is 0.492 e. The number of hydrogen-bond donors (Lipinski definition) is 1. The molecule has 5 nitrogen and oxygen atoms in total. The van der Waals surface area contributed by atoms with Crippen molar-refractivity contribution in [1.29, 1.82) is 0 Å². The predicted molar refractivity (Wildman–Crippen MR) is 86.1 cm³/mol. The Bertz CT molecular complexity index is 570. The van der Waals surface area contributed by atoms with Crippen LogP contribution in [0.15, 0.2) is 30.6 Å². The maximum absolute atomic E-state index is 5.98. The van der Waals surface area contributed by atoms with Crippen LogP contribution in [0.2, 0.25) is 0 Å². The second-order valence-corrected chi connectivity index (χ2v) is 5.82. The molecule has 0 spiro atoms. The summed E-state index contributed by atoms with van der Waals surface area (Å²) in [4.78, 5) is 6.76. The molecule has 0 saturated carbocycles. The number of H-pyrrole nitrogens is 1. The van der Waals surface area contributed by atoms with E-state index in [0.29, 0.717) is 5.92 Å². The normalized spacial score (nSPS) is 19.2. The number of aryl methyl sites for hydroxylation is 1. The molecule has 0 radical (unpaired) electrons. The summed E-state index contributed by atoms with van der Waals surface area (Å²) in [6, 6.07) is 8.30. The van der Waals surface area contributed by atoms with Gasteiger partial charge in [-0.1, -0.05) is 25.1 Å². The van der Waals surface area contributed by atoms with Gasteiger partial charge in [0.15, 0.2) is 0 Å². The van der Waals surface area contributed by atoms with Crippen molar-refractivity contribution in [3.05, 3.63) is 42.0 Å². The summed E-state index contributed by atoms with van der Waals surface area (Å²) in [5.41, 5.74) is 1.28. The second kappa shape index (κ2) is 7.40. The topological polar surface area (TPSA) is 54.0 Å². The first kappa shape index (κ1) is 15.0. The average Bonchev–Trinajstić information content (AvgIpc) is 3.10. The molecule has 1 fully saturated rings. The monoisotopic (exact) mass is 300 g/mol. The van der Waals surface area contributed by atoms with Gasteiger partial charge in [-0.2, -0.15) is 5.10 Å². The zero-order valence-electron chi connectivity index (χ0n) is 13.2. The molecule has 1 aromatic heterocycles. The fourth-order valence-corrected chi connectivity index (χ4v) is 3.11. The number of benzene rings is 1. The van der Waals surface area contributed by atoms with Crippen molar-refractivity contribution in [2.24, 2.45) is 0 Å². The van der Waals surface area contributed by atoms with Crippen LogP contribution in [0.25, 0.3) is 0 Å². The molecule has 1 aromatic carbocycles. The van der Waals surface area contributed by atoms with Gasteiger partial charge in [0.25, 0.3) is 0 Å². The first-order chi connectivity index (χ1) is 10.9. The number of para-hydroxylation sites is 1. The van der Waals surface area contributed by atoms with E-state index in [2.05, 4.69) is 45.2 Å². The minimum Gasteiger partial charge on any atom is -0.492 e. The van der Waals surface area contributed by atoms with Gasteiger partial charge in [0.2, 0.25) is 0 Å². The Morgan fingerprint density at radius 3 is 3.09 bits per heavy atom. The van der Waals surface area contributed by atoms with E-state index >= 15 is 0 Å². The highest BCUT2D eigenvalue weighted by molar-refractivity contribution is 5.33. The van der Waals surface area contributed by atoms with Gasteiger partial charge in [0.1, 0.15) is 24.5 Å². The number of nitrogens with one attached hydrogen (secondary N) is 1. The molecule has 5 heteroatoms. The highest BCUT2D eigenvalue weighted by atomic mass is 16.5. The number of likely N-dealkylation sites (tertiary alicyclic amines) is 1. The molecular weight excluding hydrogens is 276 g/mol. The molecule has 1 atom stereocenters. The Hall–Kier alpha value is -1.88.